The van der Waals surface area contributed by atoms with E-state index in [1.165, 1.54) is 44.1 Å². The average Bonchev–Trinajstić information content (AvgIpc) is 2.65. The molecule has 18 heavy (non-hydrogen) atoms. The molecule has 1 fully saturated rings. The van der Waals surface area contributed by atoms with Gasteiger partial charge in [-0.15, -0.1) is 0 Å². The van der Waals surface area contributed by atoms with Crippen LogP contribution in [0, 0.1) is 6.92 Å². The highest BCUT2D eigenvalue weighted by atomic mass is 16.1. The first kappa shape index (κ1) is 13.3. The van der Waals surface area contributed by atoms with Gasteiger partial charge in [-0.1, -0.05) is 55.5 Å². The maximum Gasteiger partial charge on any atom is 0.176 e. The third kappa shape index (κ3) is 3.95. The lowest BCUT2D eigenvalue weighted by Crippen LogP contribution is -2.33. The summed E-state index contributed by atoms with van der Waals surface area (Å²) in [5.41, 5.74) is 2.02. The van der Waals surface area contributed by atoms with E-state index in [9.17, 15) is 4.79 Å². The molecule has 1 aromatic carbocycles. The highest BCUT2D eigenvalue weighted by Crippen LogP contribution is 2.17. The lowest BCUT2D eigenvalue weighted by atomic mass is 10.1. The van der Waals surface area contributed by atoms with Crippen LogP contribution >= 0.6 is 0 Å². The number of hydrogen-bond donors (Lipinski definition) is 1. The highest BCUT2D eigenvalue weighted by Gasteiger charge is 2.13. The van der Waals surface area contributed by atoms with E-state index >= 15 is 0 Å². The largest absolute Gasteiger partial charge is 0.307 e. The summed E-state index contributed by atoms with van der Waals surface area (Å²) in [6, 6.07) is 8.39. The van der Waals surface area contributed by atoms with Gasteiger partial charge in [-0.05, 0) is 19.8 Å². The van der Waals surface area contributed by atoms with E-state index in [4.69, 9.17) is 0 Å². The Kier molecular flexibility index (Phi) is 4.94. The molecule has 0 spiro atoms. The second-order valence-corrected chi connectivity index (χ2v) is 5.36. The molecule has 0 radical (unpaired) electrons. The zero-order chi connectivity index (χ0) is 12.8. The minimum absolute atomic E-state index is 0.208. The van der Waals surface area contributed by atoms with Gasteiger partial charge in [-0.3, -0.25) is 4.79 Å². The van der Waals surface area contributed by atoms with Gasteiger partial charge < -0.3 is 5.32 Å². The lowest BCUT2D eigenvalue weighted by Gasteiger charge is -2.15. The Bertz CT molecular complexity index is 375. The van der Waals surface area contributed by atoms with Gasteiger partial charge >= 0.3 is 0 Å². The zero-order valence-corrected chi connectivity index (χ0v) is 11.2. The van der Waals surface area contributed by atoms with E-state index < -0.39 is 0 Å². The van der Waals surface area contributed by atoms with Crippen LogP contribution in [0.4, 0.5) is 0 Å². The maximum absolute atomic E-state index is 12.0. The van der Waals surface area contributed by atoms with Gasteiger partial charge in [0.1, 0.15) is 0 Å². The summed E-state index contributed by atoms with van der Waals surface area (Å²) in [7, 11) is 0. The fourth-order valence-electron chi connectivity index (χ4n) is 2.56. The first-order valence-electron chi connectivity index (χ1n) is 7.09. The number of rotatable bonds is 4. The summed E-state index contributed by atoms with van der Waals surface area (Å²) in [5, 5.41) is 3.42. The van der Waals surface area contributed by atoms with Crippen molar-refractivity contribution in [3.63, 3.8) is 0 Å². The Hall–Kier alpha value is -1.15. The Labute approximate surface area is 110 Å². The van der Waals surface area contributed by atoms with E-state index in [1.807, 2.05) is 31.2 Å². The van der Waals surface area contributed by atoms with E-state index in [1.54, 1.807) is 0 Å². The van der Waals surface area contributed by atoms with Crippen molar-refractivity contribution in [2.24, 2.45) is 0 Å². The summed E-state index contributed by atoms with van der Waals surface area (Å²) in [6.07, 6.45) is 7.75. The van der Waals surface area contributed by atoms with Gasteiger partial charge in [-0.25, -0.2) is 0 Å². The Balaban J connectivity index is 1.82. The van der Waals surface area contributed by atoms with Gasteiger partial charge in [0.05, 0.1) is 6.54 Å². The number of carbonyl (C=O) groups excluding carboxylic acids is 1. The van der Waals surface area contributed by atoms with E-state index in [-0.39, 0.29) is 5.78 Å². The molecule has 0 atom stereocenters. The van der Waals surface area contributed by atoms with Crippen molar-refractivity contribution >= 4 is 5.78 Å². The van der Waals surface area contributed by atoms with Gasteiger partial charge in [-0.2, -0.15) is 0 Å². The van der Waals surface area contributed by atoms with Gasteiger partial charge in [0.15, 0.2) is 5.78 Å². The SMILES string of the molecule is Cc1ccc(C(=O)CNC2CCCCCC2)cc1. The van der Waals surface area contributed by atoms with Crippen molar-refractivity contribution in [2.75, 3.05) is 6.54 Å². The summed E-state index contributed by atoms with van der Waals surface area (Å²) >= 11 is 0. The molecule has 1 N–H and O–H groups in total. The first-order chi connectivity index (χ1) is 8.75. The second kappa shape index (κ2) is 6.69. The molecule has 0 bridgehead atoms. The fraction of sp³-hybridized carbons (Fsp3) is 0.562. The van der Waals surface area contributed by atoms with Gasteiger partial charge in [0.25, 0.3) is 0 Å². The zero-order valence-electron chi connectivity index (χ0n) is 11.2. The van der Waals surface area contributed by atoms with Gasteiger partial charge in [0.2, 0.25) is 0 Å². The van der Waals surface area contributed by atoms with Crippen molar-refractivity contribution in [3.05, 3.63) is 35.4 Å². The molecule has 1 aliphatic carbocycles. The number of benzene rings is 1. The normalized spacial score (nSPS) is 17.4. The average molecular weight is 245 g/mol. The molecule has 1 saturated carbocycles. The Morgan fingerprint density at radius 3 is 2.33 bits per heavy atom. The van der Waals surface area contributed by atoms with Crippen molar-refractivity contribution in [2.45, 2.75) is 51.5 Å². The molecule has 0 aromatic heterocycles. The Morgan fingerprint density at radius 2 is 1.72 bits per heavy atom. The summed E-state index contributed by atoms with van der Waals surface area (Å²) in [5.74, 6) is 0.208. The number of aryl methyl sites for hydroxylation is 1. The van der Waals surface area contributed by atoms with Crippen LogP contribution in [0.25, 0.3) is 0 Å². The van der Waals surface area contributed by atoms with E-state index in [2.05, 4.69) is 5.32 Å². The molecular formula is C16H23NO. The van der Waals surface area contributed by atoms with Crippen LogP contribution in [0.2, 0.25) is 0 Å². The van der Waals surface area contributed by atoms with Crippen LogP contribution in [0.5, 0.6) is 0 Å². The summed E-state index contributed by atoms with van der Waals surface area (Å²) in [4.78, 5) is 12.0. The van der Waals surface area contributed by atoms with Gasteiger partial charge in [0, 0.05) is 11.6 Å². The third-order valence-corrected chi connectivity index (χ3v) is 3.78. The molecule has 0 unspecified atom stereocenters. The molecule has 2 rings (SSSR count). The van der Waals surface area contributed by atoms with E-state index in [0.717, 1.165) is 5.56 Å². The lowest BCUT2D eigenvalue weighted by molar-refractivity contribution is 0.0986. The number of Topliss-reactive ketones (excluding diaryl/α,β-unsaturated/α-hetero) is 1. The van der Waals surface area contributed by atoms with Crippen LogP contribution < -0.4 is 5.32 Å². The quantitative estimate of drug-likeness (QED) is 0.650. The van der Waals surface area contributed by atoms with E-state index in [0.29, 0.717) is 12.6 Å². The molecule has 0 aliphatic heterocycles. The van der Waals surface area contributed by atoms with Crippen molar-refractivity contribution < 1.29 is 4.79 Å². The van der Waals surface area contributed by atoms with Crippen molar-refractivity contribution in [3.8, 4) is 0 Å². The highest BCUT2D eigenvalue weighted by molar-refractivity contribution is 5.97. The molecule has 0 saturated heterocycles. The minimum atomic E-state index is 0.208. The summed E-state index contributed by atoms with van der Waals surface area (Å²) in [6.45, 7) is 2.52. The smallest absolute Gasteiger partial charge is 0.176 e. The van der Waals surface area contributed by atoms with Crippen LogP contribution in [0.3, 0.4) is 0 Å². The molecule has 2 heteroatoms. The van der Waals surface area contributed by atoms with Crippen LogP contribution in [-0.2, 0) is 0 Å². The number of ketones is 1. The second-order valence-electron chi connectivity index (χ2n) is 5.36. The summed E-state index contributed by atoms with van der Waals surface area (Å²) < 4.78 is 0. The topological polar surface area (TPSA) is 29.1 Å². The van der Waals surface area contributed by atoms with Crippen LogP contribution in [0.1, 0.15) is 54.4 Å². The number of nitrogens with one attached hydrogen (secondary N) is 1. The maximum atomic E-state index is 12.0. The molecule has 2 nitrogen and oxygen atoms in total. The fourth-order valence-corrected chi connectivity index (χ4v) is 2.56. The van der Waals surface area contributed by atoms with Crippen LogP contribution in [-0.4, -0.2) is 18.4 Å². The molecule has 0 heterocycles. The predicted molar refractivity (Wildman–Crippen MR) is 75.0 cm³/mol. The predicted octanol–water partition coefficient (Wildman–Crippen LogP) is 3.49. The van der Waals surface area contributed by atoms with Crippen molar-refractivity contribution in [1.82, 2.24) is 5.32 Å². The Morgan fingerprint density at radius 1 is 1.11 bits per heavy atom. The number of hydrogen-bond acceptors (Lipinski definition) is 2. The van der Waals surface area contributed by atoms with Crippen LogP contribution in [0.15, 0.2) is 24.3 Å². The monoisotopic (exact) mass is 245 g/mol. The standard InChI is InChI=1S/C16H23NO/c1-13-8-10-14(11-9-13)16(18)12-17-15-6-4-2-3-5-7-15/h8-11,15,17H,2-7,12H2,1H3. The first-order valence-corrected chi connectivity index (χ1v) is 7.09. The van der Waals surface area contributed by atoms with Crippen molar-refractivity contribution in [1.29, 1.82) is 0 Å². The molecular weight excluding hydrogens is 222 g/mol. The molecule has 1 aliphatic rings. The third-order valence-electron chi connectivity index (χ3n) is 3.78. The molecule has 98 valence electrons. The molecule has 0 amide bonds. The minimum Gasteiger partial charge on any atom is -0.307 e. The molecule has 1 aromatic rings. The number of carbonyl (C=O) groups is 1.